The number of amides is 1. The SMILES string of the molecule is CCOC(=O)c1sc(NC(=O)CSc2nc3c(c(=O)n2-c2ccc(Cl)cc2)SCC3)c(C(=O)OCC)c1C. The van der Waals surface area contributed by atoms with Gasteiger partial charge in [-0.3, -0.25) is 14.2 Å². The second-order valence-electron chi connectivity index (χ2n) is 7.92. The molecule has 0 fully saturated rings. The molecule has 0 saturated carbocycles. The number of thioether (sulfide) groups is 2. The number of hydrogen-bond acceptors (Lipinski definition) is 10. The van der Waals surface area contributed by atoms with E-state index in [1.54, 1.807) is 45.0 Å². The molecule has 1 aliphatic heterocycles. The Morgan fingerprint density at radius 3 is 2.50 bits per heavy atom. The number of hydrogen-bond donors (Lipinski definition) is 1. The van der Waals surface area contributed by atoms with Crippen LogP contribution in [0.2, 0.25) is 5.02 Å². The predicted octanol–water partition coefficient (Wildman–Crippen LogP) is 4.99. The van der Waals surface area contributed by atoms with Gasteiger partial charge in [0.2, 0.25) is 5.91 Å². The molecule has 0 saturated heterocycles. The van der Waals surface area contributed by atoms with Crippen LogP contribution in [0.1, 0.15) is 45.1 Å². The number of carbonyl (C=O) groups is 3. The number of anilines is 1. The molecule has 200 valence electrons. The van der Waals surface area contributed by atoms with E-state index in [1.165, 1.54) is 16.3 Å². The lowest BCUT2D eigenvalue weighted by molar-refractivity contribution is -0.113. The molecule has 0 radical (unpaired) electrons. The van der Waals surface area contributed by atoms with Crippen LogP contribution in [-0.4, -0.2) is 52.1 Å². The van der Waals surface area contributed by atoms with Crippen molar-refractivity contribution in [3.05, 3.63) is 61.3 Å². The van der Waals surface area contributed by atoms with Crippen molar-refractivity contribution in [3.63, 3.8) is 0 Å². The van der Waals surface area contributed by atoms with Gasteiger partial charge < -0.3 is 14.8 Å². The fourth-order valence-electron chi connectivity index (χ4n) is 3.74. The van der Waals surface area contributed by atoms with E-state index in [0.29, 0.717) is 38.4 Å². The smallest absolute Gasteiger partial charge is 0.348 e. The highest BCUT2D eigenvalue weighted by atomic mass is 35.5. The number of benzene rings is 1. The summed E-state index contributed by atoms with van der Waals surface area (Å²) in [5, 5.41) is 3.82. The van der Waals surface area contributed by atoms with Crippen molar-refractivity contribution in [2.75, 3.05) is 30.0 Å². The third-order valence-electron chi connectivity index (χ3n) is 5.42. The Hall–Kier alpha value is -2.80. The van der Waals surface area contributed by atoms with E-state index >= 15 is 0 Å². The average molecular weight is 594 g/mol. The summed E-state index contributed by atoms with van der Waals surface area (Å²) in [6.45, 7) is 5.27. The van der Waals surface area contributed by atoms with Gasteiger partial charge in [-0.2, -0.15) is 0 Å². The highest BCUT2D eigenvalue weighted by Gasteiger charge is 2.28. The number of aryl methyl sites for hydroxylation is 1. The minimum absolute atomic E-state index is 0.0973. The van der Waals surface area contributed by atoms with E-state index in [-0.39, 0.29) is 40.0 Å². The largest absolute Gasteiger partial charge is 0.462 e. The molecule has 3 aromatic rings. The van der Waals surface area contributed by atoms with Crippen LogP contribution in [0.3, 0.4) is 0 Å². The molecule has 0 atom stereocenters. The van der Waals surface area contributed by atoms with E-state index in [1.807, 2.05) is 0 Å². The first-order valence-electron chi connectivity index (χ1n) is 11.7. The summed E-state index contributed by atoms with van der Waals surface area (Å²) in [7, 11) is 0. The maximum atomic E-state index is 13.3. The van der Waals surface area contributed by atoms with Gasteiger partial charge in [0.05, 0.1) is 40.8 Å². The number of ether oxygens (including phenoxy) is 2. The van der Waals surface area contributed by atoms with Crippen LogP contribution < -0.4 is 10.9 Å². The Morgan fingerprint density at radius 2 is 1.82 bits per heavy atom. The number of carbonyl (C=O) groups excluding carboxylic acids is 3. The van der Waals surface area contributed by atoms with E-state index < -0.39 is 17.8 Å². The van der Waals surface area contributed by atoms with Crippen molar-refractivity contribution in [2.24, 2.45) is 0 Å². The van der Waals surface area contributed by atoms with E-state index in [9.17, 15) is 19.2 Å². The molecule has 1 aromatic carbocycles. The Morgan fingerprint density at radius 1 is 1.13 bits per heavy atom. The average Bonchev–Trinajstić information content (AvgIpc) is 3.48. The fraction of sp³-hybridized carbons (Fsp3) is 0.320. The Balaban J connectivity index is 1.61. The number of nitrogens with one attached hydrogen (secondary N) is 1. The van der Waals surface area contributed by atoms with Gasteiger partial charge in [0.15, 0.2) is 5.16 Å². The molecule has 9 nitrogen and oxygen atoms in total. The normalized spacial score (nSPS) is 12.2. The van der Waals surface area contributed by atoms with E-state index in [2.05, 4.69) is 10.3 Å². The van der Waals surface area contributed by atoms with Crippen LogP contribution in [0.25, 0.3) is 5.69 Å². The lowest BCUT2D eigenvalue weighted by Gasteiger charge is -2.14. The molecule has 1 aliphatic rings. The van der Waals surface area contributed by atoms with Crippen molar-refractivity contribution in [3.8, 4) is 5.69 Å². The van der Waals surface area contributed by atoms with Crippen molar-refractivity contribution in [2.45, 2.75) is 37.2 Å². The zero-order valence-corrected chi connectivity index (χ0v) is 24.0. The van der Waals surface area contributed by atoms with E-state index in [0.717, 1.165) is 28.9 Å². The summed E-state index contributed by atoms with van der Waals surface area (Å²) in [6.07, 6.45) is 0.671. The van der Waals surface area contributed by atoms with Crippen LogP contribution in [0.4, 0.5) is 5.00 Å². The van der Waals surface area contributed by atoms with Crippen LogP contribution in [0, 0.1) is 6.92 Å². The number of aromatic nitrogens is 2. The molecule has 0 unspecified atom stereocenters. The summed E-state index contributed by atoms with van der Waals surface area (Å²) < 4.78 is 11.7. The third-order valence-corrected chi connectivity index (χ3v) is 8.91. The summed E-state index contributed by atoms with van der Waals surface area (Å²) in [5.41, 5.74) is 1.60. The lowest BCUT2D eigenvalue weighted by atomic mass is 10.1. The minimum atomic E-state index is -0.644. The number of fused-ring (bicyclic) bond motifs is 1. The van der Waals surface area contributed by atoms with Crippen LogP contribution in [0.5, 0.6) is 0 Å². The number of nitrogens with zero attached hydrogens (tertiary/aromatic N) is 2. The lowest BCUT2D eigenvalue weighted by Crippen LogP contribution is -2.24. The summed E-state index contributed by atoms with van der Waals surface area (Å²) in [6, 6.07) is 6.81. The standard InChI is InChI=1S/C25H24ClN3O6S3/c1-4-34-23(32)18-13(3)19(24(33)35-5-2)38-21(18)28-17(30)12-37-25-27-16-10-11-36-20(16)22(31)29(25)15-8-6-14(26)7-9-15/h6-9H,4-5,10-12H2,1-3H3,(H,28,30). The van der Waals surface area contributed by atoms with Crippen LogP contribution in [0.15, 0.2) is 39.1 Å². The molecule has 13 heteroatoms. The zero-order valence-electron chi connectivity index (χ0n) is 20.8. The second-order valence-corrected chi connectivity index (χ2v) is 11.4. The second kappa shape index (κ2) is 12.4. The number of rotatable bonds is 9. The summed E-state index contributed by atoms with van der Waals surface area (Å²) in [5.74, 6) is -0.995. The highest BCUT2D eigenvalue weighted by molar-refractivity contribution is 8.00. The first kappa shape index (κ1) is 28.2. The van der Waals surface area contributed by atoms with Gasteiger partial charge in [-0.25, -0.2) is 14.6 Å². The third kappa shape index (κ3) is 5.93. The molecule has 0 aliphatic carbocycles. The molecule has 3 heterocycles. The van der Waals surface area contributed by atoms with Crippen molar-refractivity contribution in [1.82, 2.24) is 9.55 Å². The van der Waals surface area contributed by atoms with Crippen LogP contribution >= 0.6 is 46.5 Å². The molecular formula is C25H24ClN3O6S3. The molecule has 4 rings (SSSR count). The molecule has 1 N–H and O–H groups in total. The molecule has 38 heavy (non-hydrogen) atoms. The maximum Gasteiger partial charge on any atom is 0.348 e. The first-order chi connectivity index (χ1) is 18.2. The summed E-state index contributed by atoms with van der Waals surface area (Å²) >= 11 is 9.55. The first-order valence-corrected chi connectivity index (χ1v) is 14.9. The van der Waals surface area contributed by atoms with Gasteiger partial charge in [0.25, 0.3) is 5.56 Å². The fourth-order valence-corrected chi connectivity index (χ4v) is 6.83. The van der Waals surface area contributed by atoms with Gasteiger partial charge in [-0.05, 0) is 50.6 Å². The molecule has 0 bridgehead atoms. The predicted molar refractivity (Wildman–Crippen MR) is 150 cm³/mol. The van der Waals surface area contributed by atoms with Crippen molar-refractivity contribution < 1.29 is 23.9 Å². The van der Waals surface area contributed by atoms with Gasteiger partial charge >= 0.3 is 11.9 Å². The topological polar surface area (TPSA) is 117 Å². The van der Waals surface area contributed by atoms with Gasteiger partial charge in [-0.15, -0.1) is 23.1 Å². The number of esters is 2. The molecule has 2 aromatic heterocycles. The van der Waals surface area contributed by atoms with E-state index in [4.69, 9.17) is 21.1 Å². The number of thiophene rings is 1. The van der Waals surface area contributed by atoms with Gasteiger partial charge in [0.1, 0.15) is 9.88 Å². The van der Waals surface area contributed by atoms with Crippen molar-refractivity contribution in [1.29, 1.82) is 0 Å². The Bertz CT molecular complexity index is 1450. The highest BCUT2D eigenvalue weighted by Crippen LogP contribution is 2.35. The zero-order chi connectivity index (χ0) is 27.4. The Labute approximate surface area is 236 Å². The minimum Gasteiger partial charge on any atom is -0.462 e. The molecule has 0 spiro atoms. The molecule has 1 amide bonds. The van der Waals surface area contributed by atoms with Gasteiger partial charge in [0, 0.05) is 17.2 Å². The van der Waals surface area contributed by atoms with Gasteiger partial charge in [-0.1, -0.05) is 23.4 Å². The summed E-state index contributed by atoms with van der Waals surface area (Å²) in [4.78, 5) is 56.8. The Kier molecular flexibility index (Phi) is 9.19. The van der Waals surface area contributed by atoms with Crippen molar-refractivity contribution >= 4 is 69.3 Å². The quantitative estimate of drug-likeness (QED) is 0.208. The monoisotopic (exact) mass is 593 g/mol. The van der Waals surface area contributed by atoms with Crippen LogP contribution in [-0.2, 0) is 20.7 Å². The maximum absolute atomic E-state index is 13.3. The molecular weight excluding hydrogens is 570 g/mol. The number of halogens is 1.